The molecule has 1 aliphatic rings. The molecule has 0 aliphatic carbocycles. The summed E-state index contributed by atoms with van der Waals surface area (Å²) in [5.74, 6) is 0. The number of hydrogen-bond acceptors (Lipinski definition) is 4. The Bertz CT molecular complexity index is 769. The van der Waals surface area contributed by atoms with Crippen LogP contribution in [0.3, 0.4) is 0 Å². The summed E-state index contributed by atoms with van der Waals surface area (Å²) in [5.41, 5.74) is 0.518. The molecule has 1 fully saturated rings. The lowest BCUT2D eigenvalue weighted by molar-refractivity contribution is -0.00771. The highest BCUT2D eigenvalue weighted by molar-refractivity contribution is 7.89. The van der Waals surface area contributed by atoms with Crippen LogP contribution in [0.15, 0.2) is 47.6 Å². The molecule has 0 amide bonds. The third kappa shape index (κ3) is 3.31. The first kappa shape index (κ1) is 16.2. The fraction of sp³-hybridized carbons (Fsp3) is 0.438. The lowest BCUT2D eigenvalue weighted by Crippen LogP contribution is -2.55. The molecule has 0 atom stereocenters. The van der Waals surface area contributed by atoms with Gasteiger partial charge >= 0.3 is 0 Å². The van der Waals surface area contributed by atoms with Crippen LogP contribution >= 0.6 is 0 Å². The zero-order valence-electron chi connectivity index (χ0n) is 13.3. The number of morpholine rings is 1. The zero-order chi connectivity index (χ0) is 16.5. The molecule has 1 aliphatic heterocycles. The van der Waals surface area contributed by atoms with Crippen LogP contribution in [0.25, 0.3) is 0 Å². The highest BCUT2D eigenvalue weighted by Crippen LogP contribution is 2.27. The molecule has 6 nitrogen and oxygen atoms in total. The summed E-state index contributed by atoms with van der Waals surface area (Å²) in [5, 5.41) is 4.20. The number of sulfonamides is 1. The van der Waals surface area contributed by atoms with Crippen LogP contribution in [0.2, 0.25) is 0 Å². The van der Waals surface area contributed by atoms with Crippen molar-refractivity contribution in [1.82, 2.24) is 14.1 Å². The fourth-order valence-corrected chi connectivity index (χ4v) is 4.46. The van der Waals surface area contributed by atoms with Gasteiger partial charge in [-0.25, -0.2) is 8.42 Å². The molecule has 1 saturated heterocycles. The van der Waals surface area contributed by atoms with Gasteiger partial charge in [0.25, 0.3) is 0 Å². The molecule has 23 heavy (non-hydrogen) atoms. The average Bonchev–Trinajstić information content (AvgIpc) is 2.97. The van der Waals surface area contributed by atoms with Crippen molar-refractivity contribution in [1.29, 1.82) is 0 Å². The minimum absolute atomic E-state index is 0.225. The van der Waals surface area contributed by atoms with Gasteiger partial charge in [-0.1, -0.05) is 30.3 Å². The number of rotatable bonds is 4. The molecule has 0 radical (unpaired) electrons. The first-order valence-corrected chi connectivity index (χ1v) is 9.01. The van der Waals surface area contributed by atoms with Gasteiger partial charge in [0.2, 0.25) is 10.0 Å². The topological polar surface area (TPSA) is 64.4 Å². The van der Waals surface area contributed by atoms with E-state index in [0.29, 0.717) is 26.3 Å². The van der Waals surface area contributed by atoms with Gasteiger partial charge in [-0.05, 0) is 19.4 Å². The van der Waals surface area contributed by atoms with Crippen molar-refractivity contribution in [2.24, 2.45) is 0 Å². The maximum Gasteiger partial charge on any atom is 0.246 e. The van der Waals surface area contributed by atoms with E-state index in [0.717, 1.165) is 5.56 Å². The molecule has 7 heteroatoms. The molecule has 1 aromatic carbocycles. The van der Waals surface area contributed by atoms with Gasteiger partial charge in [0, 0.05) is 12.7 Å². The molecule has 2 aromatic rings. The molecule has 3 rings (SSSR count). The lowest BCUT2D eigenvalue weighted by atomic mass is 10.1. The smallest absolute Gasteiger partial charge is 0.246 e. The second-order valence-corrected chi connectivity index (χ2v) is 8.16. The highest BCUT2D eigenvalue weighted by Gasteiger charge is 2.40. The number of ether oxygens (including phenoxy) is 1. The fourth-order valence-electron chi connectivity index (χ4n) is 2.75. The summed E-state index contributed by atoms with van der Waals surface area (Å²) in [7, 11) is -3.57. The average molecular weight is 335 g/mol. The first-order valence-electron chi connectivity index (χ1n) is 7.56. The van der Waals surface area contributed by atoms with E-state index >= 15 is 0 Å². The van der Waals surface area contributed by atoms with Crippen LogP contribution < -0.4 is 0 Å². The second-order valence-electron chi connectivity index (χ2n) is 6.30. The van der Waals surface area contributed by atoms with Gasteiger partial charge in [0.15, 0.2) is 0 Å². The van der Waals surface area contributed by atoms with Crippen LogP contribution in [0.5, 0.6) is 0 Å². The zero-order valence-corrected chi connectivity index (χ0v) is 14.2. The van der Waals surface area contributed by atoms with E-state index in [2.05, 4.69) is 5.10 Å². The third-order valence-corrected chi connectivity index (χ3v) is 6.02. The van der Waals surface area contributed by atoms with E-state index in [1.165, 1.54) is 10.5 Å². The van der Waals surface area contributed by atoms with Crippen molar-refractivity contribution >= 4 is 10.0 Å². The van der Waals surface area contributed by atoms with Crippen LogP contribution in [0, 0.1) is 0 Å². The van der Waals surface area contributed by atoms with Crippen LogP contribution in [-0.2, 0) is 21.3 Å². The Morgan fingerprint density at radius 3 is 2.70 bits per heavy atom. The van der Waals surface area contributed by atoms with E-state index in [1.54, 1.807) is 10.9 Å². The Morgan fingerprint density at radius 1 is 1.26 bits per heavy atom. The molecular weight excluding hydrogens is 314 g/mol. The van der Waals surface area contributed by atoms with E-state index < -0.39 is 15.6 Å². The molecule has 124 valence electrons. The minimum Gasteiger partial charge on any atom is -0.378 e. The van der Waals surface area contributed by atoms with Crippen molar-refractivity contribution in [2.45, 2.75) is 30.8 Å². The van der Waals surface area contributed by atoms with Crippen LogP contribution in [0.4, 0.5) is 0 Å². The van der Waals surface area contributed by atoms with Gasteiger partial charge < -0.3 is 4.74 Å². The minimum atomic E-state index is -3.57. The molecule has 2 heterocycles. The van der Waals surface area contributed by atoms with Gasteiger partial charge in [-0.2, -0.15) is 9.40 Å². The van der Waals surface area contributed by atoms with E-state index in [-0.39, 0.29) is 4.90 Å². The highest BCUT2D eigenvalue weighted by atomic mass is 32.2. The number of benzene rings is 1. The molecule has 0 saturated carbocycles. The van der Waals surface area contributed by atoms with Crippen molar-refractivity contribution in [3.05, 3.63) is 48.3 Å². The van der Waals surface area contributed by atoms with Crippen LogP contribution in [0.1, 0.15) is 19.4 Å². The summed E-state index contributed by atoms with van der Waals surface area (Å²) in [6.45, 7) is 5.46. The summed E-state index contributed by atoms with van der Waals surface area (Å²) in [6, 6.07) is 9.82. The molecular formula is C16H21N3O3S. The summed E-state index contributed by atoms with van der Waals surface area (Å²) in [4.78, 5) is 0.225. The number of aromatic nitrogens is 2. The van der Waals surface area contributed by atoms with E-state index in [9.17, 15) is 8.42 Å². The van der Waals surface area contributed by atoms with Gasteiger partial charge in [-0.15, -0.1) is 0 Å². The standard InChI is InChI=1S/C16H21N3O3S/c1-16(2)13-22-9-8-19(16)23(20,21)15-10-17-18(12-15)11-14-6-4-3-5-7-14/h3-7,10,12H,8-9,11,13H2,1-2H3. The largest absolute Gasteiger partial charge is 0.378 e. The number of nitrogens with zero attached hydrogens (tertiary/aromatic N) is 3. The predicted molar refractivity (Wildman–Crippen MR) is 86.6 cm³/mol. The molecule has 0 bridgehead atoms. The Hall–Kier alpha value is -1.70. The second kappa shape index (κ2) is 6.07. The Kier molecular flexibility index (Phi) is 4.27. The van der Waals surface area contributed by atoms with Gasteiger partial charge in [-0.3, -0.25) is 4.68 Å². The van der Waals surface area contributed by atoms with Crippen molar-refractivity contribution < 1.29 is 13.2 Å². The Morgan fingerprint density at radius 2 is 2.00 bits per heavy atom. The summed E-state index contributed by atoms with van der Waals surface area (Å²) < 4.78 is 34.3. The first-order chi connectivity index (χ1) is 10.9. The van der Waals surface area contributed by atoms with Gasteiger partial charge in [0.1, 0.15) is 4.90 Å². The maximum absolute atomic E-state index is 12.9. The van der Waals surface area contributed by atoms with Crippen LogP contribution in [-0.4, -0.2) is 47.8 Å². The maximum atomic E-state index is 12.9. The number of hydrogen-bond donors (Lipinski definition) is 0. The molecule has 0 spiro atoms. The summed E-state index contributed by atoms with van der Waals surface area (Å²) in [6.07, 6.45) is 3.01. The van der Waals surface area contributed by atoms with Crippen molar-refractivity contribution in [3.63, 3.8) is 0 Å². The Labute approximate surface area is 136 Å². The van der Waals surface area contributed by atoms with Crippen molar-refractivity contribution in [2.75, 3.05) is 19.8 Å². The lowest BCUT2D eigenvalue weighted by Gasteiger charge is -2.40. The van der Waals surface area contributed by atoms with Gasteiger partial charge in [0.05, 0.1) is 31.5 Å². The molecule has 1 aromatic heterocycles. The van der Waals surface area contributed by atoms with E-state index in [4.69, 9.17) is 4.74 Å². The third-order valence-electron chi connectivity index (χ3n) is 3.95. The Balaban J connectivity index is 1.84. The van der Waals surface area contributed by atoms with E-state index in [1.807, 2.05) is 44.2 Å². The monoisotopic (exact) mass is 335 g/mol. The quantitative estimate of drug-likeness (QED) is 0.853. The normalized spacial score (nSPS) is 18.9. The predicted octanol–water partition coefficient (Wildman–Crippen LogP) is 1.73. The SMILES string of the molecule is CC1(C)COCCN1S(=O)(=O)c1cnn(Cc2ccccc2)c1. The van der Waals surface area contributed by atoms with Crippen molar-refractivity contribution in [3.8, 4) is 0 Å². The summed E-state index contributed by atoms with van der Waals surface area (Å²) >= 11 is 0. The molecule has 0 N–H and O–H groups in total. The molecule has 0 unspecified atom stereocenters.